The minimum Gasteiger partial charge on any atom is -0.319 e. The molecule has 0 aromatic heterocycles. The molecule has 23 heavy (non-hydrogen) atoms. The van der Waals surface area contributed by atoms with Crippen molar-refractivity contribution < 1.29 is 0 Å². The van der Waals surface area contributed by atoms with Gasteiger partial charge in [-0.15, -0.1) is 0 Å². The molecule has 0 aliphatic carbocycles. The Morgan fingerprint density at radius 2 is 0.696 bits per heavy atom. The Kier molecular flexibility index (Phi) is 7.83. The molecule has 2 nitrogen and oxygen atoms in total. The standard InChI is InChI=1S/C19H46N2Si2/c1-15(2)20(16(3)4)22(11,12)19(9,10)23(13,14)21(17(5)6)18(7)8/h15-18H,1-14H3. The van der Waals surface area contributed by atoms with Gasteiger partial charge < -0.3 is 9.13 Å². The summed E-state index contributed by atoms with van der Waals surface area (Å²) in [5.74, 6) is 0. The molecule has 0 unspecified atom stereocenters. The smallest absolute Gasteiger partial charge is 0.126 e. The largest absolute Gasteiger partial charge is 0.319 e. The van der Waals surface area contributed by atoms with Gasteiger partial charge in [-0.2, -0.15) is 0 Å². The van der Waals surface area contributed by atoms with E-state index in [0.717, 1.165) is 0 Å². The van der Waals surface area contributed by atoms with Crippen molar-refractivity contribution >= 4 is 16.5 Å². The molecule has 0 saturated carbocycles. The Labute approximate surface area is 150 Å². The summed E-state index contributed by atoms with van der Waals surface area (Å²) in [5.41, 5.74) is 0. The first kappa shape index (κ1) is 23.4. The Hall–Kier alpha value is 0.354. The average Bonchev–Trinajstić information content (AvgIpc) is 2.24. The molecular weight excluding hydrogens is 312 g/mol. The molecule has 0 amide bonds. The molecule has 4 heteroatoms. The second kappa shape index (κ2) is 7.71. The van der Waals surface area contributed by atoms with Crippen LogP contribution in [0.4, 0.5) is 0 Å². The van der Waals surface area contributed by atoms with Crippen LogP contribution < -0.4 is 0 Å². The van der Waals surface area contributed by atoms with Crippen LogP contribution in [0, 0.1) is 0 Å². The number of hydrogen-bond acceptors (Lipinski definition) is 2. The maximum absolute atomic E-state index is 2.86. The van der Waals surface area contributed by atoms with Crippen molar-refractivity contribution in [3.8, 4) is 0 Å². The van der Waals surface area contributed by atoms with E-state index in [2.05, 4.69) is 105 Å². The van der Waals surface area contributed by atoms with Gasteiger partial charge in [0.15, 0.2) is 0 Å². The van der Waals surface area contributed by atoms with Crippen LogP contribution in [0.1, 0.15) is 69.2 Å². The molecule has 0 bridgehead atoms. The zero-order valence-corrected chi connectivity index (χ0v) is 20.7. The molecule has 0 saturated heterocycles. The molecule has 0 aliphatic heterocycles. The van der Waals surface area contributed by atoms with E-state index < -0.39 is 16.5 Å². The molecule has 0 radical (unpaired) electrons. The Morgan fingerprint density at radius 1 is 0.522 bits per heavy atom. The molecule has 0 spiro atoms. The maximum Gasteiger partial charge on any atom is 0.126 e. The lowest BCUT2D eigenvalue weighted by molar-refractivity contribution is 0.269. The number of nitrogens with zero attached hydrogens (tertiary/aromatic N) is 2. The third kappa shape index (κ3) is 4.31. The maximum atomic E-state index is 2.86. The van der Waals surface area contributed by atoms with Gasteiger partial charge in [-0.05, 0) is 28.8 Å². The summed E-state index contributed by atoms with van der Waals surface area (Å²) < 4.78 is 6.12. The molecule has 0 atom stereocenters. The quantitative estimate of drug-likeness (QED) is 0.494. The van der Waals surface area contributed by atoms with E-state index in [0.29, 0.717) is 28.8 Å². The lowest BCUT2D eigenvalue weighted by Gasteiger charge is -2.61. The third-order valence-electron chi connectivity index (χ3n) is 6.58. The Balaban J connectivity index is 6.09. The van der Waals surface area contributed by atoms with Gasteiger partial charge in [0.05, 0.1) is 0 Å². The van der Waals surface area contributed by atoms with Gasteiger partial charge >= 0.3 is 0 Å². The number of hydrogen-bond donors (Lipinski definition) is 0. The van der Waals surface area contributed by atoms with Crippen LogP contribution in [0.2, 0.25) is 30.8 Å². The summed E-state index contributed by atoms with van der Waals surface area (Å²) in [7, 11) is -3.25. The van der Waals surface area contributed by atoms with Crippen LogP contribution >= 0.6 is 0 Å². The normalized spacial score (nSPS) is 15.1. The lowest BCUT2D eigenvalue weighted by atomic mass is 10.3. The molecule has 0 aliphatic rings. The van der Waals surface area contributed by atoms with Crippen molar-refractivity contribution in [3.05, 3.63) is 0 Å². The summed E-state index contributed by atoms with van der Waals surface area (Å²) in [6, 6.07) is 2.47. The highest BCUT2D eigenvalue weighted by atomic mass is 28.4. The Morgan fingerprint density at radius 3 is 0.826 bits per heavy atom. The summed E-state index contributed by atoms with van der Waals surface area (Å²) in [4.78, 5) is 0. The molecule has 0 heterocycles. The topological polar surface area (TPSA) is 6.48 Å². The van der Waals surface area contributed by atoms with Crippen molar-refractivity contribution in [1.82, 2.24) is 9.13 Å². The van der Waals surface area contributed by atoms with Crippen molar-refractivity contribution in [1.29, 1.82) is 0 Å². The van der Waals surface area contributed by atoms with Crippen molar-refractivity contribution in [2.75, 3.05) is 0 Å². The van der Waals surface area contributed by atoms with Crippen LogP contribution in [-0.4, -0.2) is 49.8 Å². The average molecular weight is 359 g/mol. The minimum atomic E-state index is -1.62. The third-order valence-corrected chi connectivity index (χ3v) is 21.0. The Bertz CT molecular complexity index is 322. The summed E-state index contributed by atoms with van der Waals surface area (Å²) in [5, 5.41) is 0. The van der Waals surface area contributed by atoms with Gasteiger partial charge in [-0.25, -0.2) is 0 Å². The zero-order valence-electron chi connectivity index (χ0n) is 18.7. The highest BCUT2D eigenvalue weighted by Crippen LogP contribution is 2.50. The molecule has 0 fully saturated rings. The molecule has 140 valence electrons. The van der Waals surface area contributed by atoms with Crippen LogP contribution in [0.5, 0.6) is 0 Å². The van der Waals surface area contributed by atoms with E-state index in [4.69, 9.17) is 0 Å². The first-order valence-corrected chi connectivity index (χ1v) is 15.5. The van der Waals surface area contributed by atoms with Crippen LogP contribution in [-0.2, 0) is 0 Å². The van der Waals surface area contributed by atoms with Gasteiger partial charge in [0, 0.05) is 0 Å². The first-order chi connectivity index (χ1) is 10.0. The fourth-order valence-corrected chi connectivity index (χ4v) is 18.4. The van der Waals surface area contributed by atoms with Crippen LogP contribution in [0.25, 0.3) is 0 Å². The summed E-state index contributed by atoms with van der Waals surface area (Å²) in [6.45, 7) is 34.6. The second-order valence-electron chi connectivity index (χ2n) is 9.93. The van der Waals surface area contributed by atoms with E-state index in [1.807, 2.05) is 0 Å². The van der Waals surface area contributed by atoms with E-state index >= 15 is 0 Å². The summed E-state index contributed by atoms with van der Waals surface area (Å²) >= 11 is 0. The first-order valence-electron chi connectivity index (χ1n) is 9.60. The predicted molar refractivity (Wildman–Crippen MR) is 113 cm³/mol. The van der Waals surface area contributed by atoms with Crippen molar-refractivity contribution in [3.63, 3.8) is 0 Å². The van der Waals surface area contributed by atoms with E-state index in [1.165, 1.54) is 0 Å². The molecule has 0 N–H and O–H groups in total. The van der Waals surface area contributed by atoms with E-state index in [-0.39, 0.29) is 0 Å². The van der Waals surface area contributed by atoms with Gasteiger partial charge in [-0.1, -0.05) is 95.4 Å². The van der Waals surface area contributed by atoms with Crippen LogP contribution in [0.15, 0.2) is 0 Å². The number of rotatable bonds is 8. The van der Waals surface area contributed by atoms with Crippen molar-refractivity contribution in [2.45, 2.75) is 124 Å². The van der Waals surface area contributed by atoms with Gasteiger partial charge in [0.25, 0.3) is 0 Å². The predicted octanol–water partition coefficient (Wildman–Crippen LogP) is 5.95. The molecular formula is C19H46N2Si2. The SMILES string of the molecule is CC(C)N(C(C)C)[Si](C)(C)C(C)(C)[Si](C)(C)N(C(C)C)C(C)C. The second-order valence-corrected chi connectivity index (χ2v) is 20.2. The monoisotopic (exact) mass is 358 g/mol. The zero-order chi connectivity index (χ0) is 19.0. The van der Waals surface area contributed by atoms with E-state index in [1.54, 1.807) is 0 Å². The van der Waals surface area contributed by atoms with Gasteiger partial charge in [-0.3, -0.25) is 0 Å². The van der Waals surface area contributed by atoms with Crippen LogP contribution in [0.3, 0.4) is 0 Å². The summed E-state index contributed by atoms with van der Waals surface area (Å²) in [6.07, 6.45) is 0. The fourth-order valence-electron chi connectivity index (χ4n) is 5.17. The molecule has 0 aromatic rings. The minimum absolute atomic E-state index is 0.392. The molecule has 0 rings (SSSR count). The lowest BCUT2D eigenvalue weighted by Crippen LogP contribution is -2.72. The van der Waals surface area contributed by atoms with Crippen molar-refractivity contribution in [2.24, 2.45) is 0 Å². The van der Waals surface area contributed by atoms with Gasteiger partial charge in [0.2, 0.25) is 0 Å². The van der Waals surface area contributed by atoms with E-state index in [9.17, 15) is 0 Å². The van der Waals surface area contributed by atoms with Gasteiger partial charge in [0.1, 0.15) is 16.5 Å². The highest BCUT2D eigenvalue weighted by Gasteiger charge is 2.57. The highest BCUT2D eigenvalue weighted by molar-refractivity contribution is 6.97. The molecule has 0 aromatic carbocycles. The fraction of sp³-hybridized carbons (Fsp3) is 1.00.